The minimum Gasteiger partial charge on any atom is -0.493 e. The molecule has 0 bridgehead atoms. The fourth-order valence-electron chi connectivity index (χ4n) is 4.47. The van der Waals surface area contributed by atoms with Crippen LogP contribution in [0.1, 0.15) is 40.6 Å². The molecule has 0 unspecified atom stereocenters. The van der Waals surface area contributed by atoms with Gasteiger partial charge in [-0.2, -0.15) is 0 Å². The molecular formula is C29H33N3O7. The summed E-state index contributed by atoms with van der Waals surface area (Å²) in [6, 6.07) is 16.5. The van der Waals surface area contributed by atoms with E-state index in [2.05, 4.69) is 10.6 Å². The van der Waals surface area contributed by atoms with Crippen LogP contribution in [0.15, 0.2) is 71.3 Å². The summed E-state index contributed by atoms with van der Waals surface area (Å²) in [5.41, 5.74) is 1.35. The number of hydrogen-bond acceptors (Lipinski definition) is 7. The highest BCUT2D eigenvalue weighted by atomic mass is 16.5. The Morgan fingerprint density at radius 2 is 1.79 bits per heavy atom. The smallest absolute Gasteiger partial charge is 0.287 e. The molecule has 1 aliphatic heterocycles. The first kappa shape index (κ1) is 27.7. The summed E-state index contributed by atoms with van der Waals surface area (Å²) in [6.07, 6.45) is 3.09. The molecule has 1 saturated heterocycles. The van der Waals surface area contributed by atoms with Crippen molar-refractivity contribution in [3.63, 3.8) is 0 Å². The van der Waals surface area contributed by atoms with Crippen LogP contribution < -0.4 is 20.1 Å². The first-order valence-electron chi connectivity index (χ1n) is 12.8. The van der Waals surface area contributed by atoms with Crippen LogP contribution in [-0.2, 0) is 20.9 Å². The first-order valence-corrected chi connectivity index (χ1v) is 12.8. The molecule has 3 aromatic rings. The second kappa shape index (κ2) is 13.5. The average molecular weight is 536 g/mol. The van der Waals surface area contributed by atoms with E-state index >= 15 is 0 Å². The number of rotatable bonds is 12. The van der Waals surface area contributed by atoms with Gasteiger partial charge in [-0.05, 0) is 48.2 Å². The Morgan fingerprint density at radius 1 is 1.00 bits per heavy atom. The van der Waals surface area contributed by atoms with Crippen molar-refractivity contribution in [2.45, 2.75) is 31.5 Å². The van der Waals surface area contributed by atoms with Crippen LogP contribution in [0.5, 0.6) is 11.5 Å². The van der Waals surface area contributed by atoms with Crippen molar-refractivity contribution in [2.24, 2.45) is 0 Å². The standard InChI is InChI=1S/C29H33N3O7/c1-36-23-13-12-21(16-25(23)37-2)27(29(35)30-17-22-10-6-14-38-22)32(19-20-8-4-3-5-9-20)26(33)18-31-28(34)24-11-7-15-39-24/h3-5,7-9,11-13,15-16,22,27H,6,10,14,17-19H2,1-2H3,(H,30,35)(H,31,34)/t22-,27-/m0/s1. The molecule has 1 aromatic heterocycles. The largest absolute Gasteiger partial charge is 0.493 e. The van der Waals surface area contributed by atoms with Gasteiger partial charge < -0.3 is 34.2 Å². The third-order valence-corrected chi connectivity index (χ3v) is 6.47. The van der Waals surface area contributed by atoms with Crippen LogP contribution in [0, 0.1) is 0 Å². The third-order valence-electron chi connectivity index (χ3n) is 6.47. The zero-order valence-electron chi connectivity index (χ0n) is 22.1. The lowest BCUT2D eigenvalue weighted by atomic mass is 10.0. The van der Waals surface area contributed by atoms with E-state index in [0.717, 1.165) is 18.4 Å². The lowest BCUT2D eigenvalue weighted by Gasteiger charge is -2.32. The molecule has 10 heteroatoms. The maximum absolute atomic E-state index is 13.8. The van der Waals surface area contributed by atoms with Crippen molar-refractivity contribution in [2.75, 3.05) is 33.9 Å². The van der Waals surface area contributed by atoms with Gasteiger partial charge in [-0.3, -0.25) is 14.4 Å². The molecule has 1 aliphatic rings. The maximum atomic E-state index is 13.8. The van der Waals surface area contributed by atoms with E-state index in [1.807, 2.05) is 30.3 Å². The molecule has 2 atom stereocenters. The Morgan fingerprint density at radius 3 is 2.46 bits per heavy atom. The Balaban J connectivity index is 1.66. The molecule has 0 aliphatic carbocycles. The quantitative estimate of drug-likeness (QED) is 0.366. The maximum Gasteiger partial charge on any atom is 0.287 e. The number of hydrogen-bond donors (Lipinski definition) is 2. The van der Waals surface area contributed by atoms with Crippen LogP contribution in [0.25, 0.3) is 0 Å². The zero-order valence-corrected chi connectivity index (χ0v) is 22.1. The number of amides is 3. The van der Waals surface area contributed by atoms with Crippen LogP contribution in [0.2, 0.25) is 0 Å². The number of nitrogens with one attached hydrogen (secondary N) is 2. The molecule has 1 fully saturated rings. The topological polar surface area (TPSA) is 119 Å². The minimum absolute atomic E-state index is 0.0779. The number of benzene rings is 2. The monoisotopic (exact) mass is 535 g/mol. The summed E-state index contributed by atoms with van der Waals surface area (Å²) in [4.78, 5) is 41.4. The molecule has 0 spiro atoms. The fourth-order valence-corrected chi connectivity index (χ4v) is 4.47. The summed E-state index contributed by atoms with van der Waals surface area (Å²) >= 11 is 0. The number of carbonyl (C=O) groups is 3. The Kier molecular flexibility index (Phi) is 9.58. The van der Waals surface area contributed by atoms with Crippen molar-refractivity contribution < 1.29 is 33.0 Å². The lowest BCUT2D eigenvalue weighted by molar-refractivity contribution is -0.141. The van der Waals surface area contributed by atoms with Crippen molar-refractivity contribution >= 4 is 17.7 Å². The molecule has 3 amide bonds. The number of nitrogens with zero attached hydrogens (tertiary/aromatic N) is 1. The van der Waals surface area contributed by atoms with Crippen molar-refractivity contribution in [3.8, 4) is 11.5 Å². The van der Waals surface area contributed by atoms with Crippen molar-refractivity contribution in [1.29, 1.82) is 0 Å². The van der Waals surface area contributed by atoms with E-state index in [4.69, 9.17) is 18.6 Å². The average Bonchev–Trinajstić information content (AvgIpc) is 3.70. The highest BCUT2D eigenvalue weighted by molar-refractivity contribution is 5.95. The number of carbonyl (C=O) groups excluding carboxylic acids is 3. The Bertz CT molecular complexity index is 1240. The number of furan rings is 1. The second-order valence-electron chi connectivity index (χ2n) is 9.06. The van der Waals surface area contributed by atoms with Gasteiger partial charge >= 0.3 is 0 Å². The lowest BCUT2D eigenvalue weighted by Crippen LogP contribution is -2.48. The van der Waals surface area contributed by atoms with E-state index in [1.54, 1.807) is 24.3 Å². The van der Waals surface area contributed by atoms with E-state index < -0.39 is 17.9 Å². The van der Waals surface area contributed by atoms with Crippen LogP contribution in [-0.4, -0.2) is 62.6 Å². The van der Waals surface area contributed by atoms with Crippen LogP contribution in [0.4, 0.5) is 0 Å². The summed E-state index contributed by atoms with van der Waals surface area (Å²) in [6.45, 7) is 0.774. The number of ether oxygens (including phenoxy) is 3. The zero-order chi connectivity index (χ0) is 27.6. The van der Waals surface area contributed by atoms with Gasteiger partial charge in [0.05, 0.1) is 33.1 Å². The molecule has 2 N–H and O–H groups in total. The molecule has 2 heterocycles. The van der Waals surface area contributed by atoms with Gasteiger partial charge in [0.15, 0.2) is 17.3 Å². The fraction of sp³-hybridized carbons (Fsp3) is 0.345. The second-order valence-corrected chi connectivity index (χ2v) is 9.06. The SMILES string of the molecule is COc1ccc([C@@H](C(=O)NC[C@@H]2CCCO2)N(Cc2ccccc2)C(=O)CNC(=O)c2ccco2)cc1OC. The van der Waals surface area contributed by atoms with Crippen LogP contribution >= 0.6 is 0 Å². The van der Waals surface area contributed by atoms with Gasteiger partial charge in [0.25, 0.3) is 5.91 Å². The molecule has 0 saturated carbocycles. The van der Waals surface area contributed by atoms with Gasteiger partial charge in [-0.25, -0.2) is 0 Å². The van der Waals surface area contributed by atoms with Crippen molar-refractivity contribution in [3.05, 3.63) is 83.8 Å². The summed E-state index contributed by atoms with van der Waals surface area (Å²) in [5, 5.41) is 5.56. The van der Waals surface area contributed by atoms with Gasteiger partial charge in [0.1, 0.15) is 6.04 Å². The highest BCUT2D eigenvalue weighted by Crippen LogP contribution is 2.33. The highest BCUT2D eigenvalue weighted by Gasteiger charge is 2.33. The third kappa shape index (κ3) is 7.17. The minimum atomic E-state index is -1.03. The van der Waals surface area contributed by atoms with E-state index in [1.165, 1.54) is 31.4 Å². The molecule has 10 nitrogen and oxygen atoms in total. The van der Waals surface area contributed by atoms with E-state index in [9.17, 15) is 14.4 Å². The van der Waals surface area contributed by atoms with Crippen molar-refractivity contribution in [1.82, 2.24) is 15.5 Å². The predicted octanol–water partition coefficient (Wildman–Crippen LogP) is 3.09. The molecule has 4 rings (SSSR count). The van der Waals surface area contributed by atoms with E-state index in [-0.39, 0.29) is 30.9 Å². The summed E-state index contributed by atoms with van der Waals surface area (Å²) < 4.78 is 21.6. The van der Waals surface area contributed by atoms with Crippen LogP contribution in [0.3, 0.4) is 0 Å². The molecule has 39 heavy (non-hydrogen) atoms. The first-order chi connectivity index (χ1) is 19.0. The molecular weight excluding hydrogens is 502 g/mol. The molecule has 0 radical (unpaired) electrons. The number of methoxy groups -OCH3 is 2. The Hall–Kier alpha value is -4.31. The summed E-state index contributed by atoms with van der Waals surface area (Å²) in [7, 11) is 3.03. The van der Waals surface area contributed by atoms with Gasteiger partial charge in [-0.15, -0.1) is 0 Å². The van der Waals surface area contributed by atoms with Gasteiger partial charge in [0, 0.05) is 19.7 Å². The summed E-state index contributed by atoms with van der Waals surface area (Å²) in [5.74, 6) is -0.358. The molecule has 206 valence electrons. The van der Waals surface area contributed by atoms with E-state index in [0.29, 0.717) is 30.2 Å². The Labute approximate surface area is 227 Å². The predicted molar refractivity (Wildman–Crippen MR) is 142 cm³/mol. The normalized spacial score (nSPS) is 15.3. The van der Waals surface area contributed by atoms with Gasteiger partial charge in [-0.1, -0.05) is 36.4 Å². The molecule has 2 aromatic carbocycles. The van der Waals surface area contributed by atoms with Gasteiger partial charge in [0.2, 0.25) is 11.8 Å².